The summed E-state index contributed by atoms with van der Waals surface area (Å²) in [4.78, 5) is 17.0. The molecule has 1 amide bonds. The summed E-state index contributed by atoms with van der Waals surface area (Å²) in [6.07, 6.45) is 2.58. The van der Waals surface area contributed by atoms with Crippen molar-refractivity contribution >= 4 is 42.5 Å². The van der Waals surface area contributed by atoms with Crippen LogP contribution in [0, 0.1) is 0 Å². The van der Waals surface area contributed by atoms with Gasteiger partial charge in [0.2, 0.25) is 15.9 Å². The van der Waals surface area contributed by atoms with Crippen LogP contribution in [0.25, 0.3) is 11.0 Å². The number of sulfonamides is 1. The number of anilines is 1. The predicted molar refractivity (Wildman–Crippen MR) is 124 cm³/mol. The summed E-state index contributed by atoms with van der Waals surface area (Å²) in [6, 6.07) is 13.6. The molecule has 170 valence electrons. The third-order valence-electron chi connectivity index (χ3n) is 4.47. The van der Waals surface area contributed by atoms with Crippen molar-refractivity contribution in [2.75, 3.05) is 18.1 Å². The minimum absolute atomic E-state index is 0.118. The molecule has 0 radical (unpaired) electrons. The molecule has 0 saturated carbocycles. The van der Waals surface area contributed by atoms with E-state index in [1.54, 1.807) is 53.1 Å². The molecule has 2 N–H and O–H groups in total. The third-order valence-corrected chi connectivity index (χ3v) is 6.57. The zero-order chi connectivity index (χ0) is 23.4. The average Bonchev–Trinajstić information content (AvgIpc) is 3.03. The highest BCUT2D eigenvalue weighted by atomic mass is 32.2. The number of nitrogens with zero attached hydrogens (tertiary/aromatic N) is 2. The van der Waals surface area contributed by atoms with Crippen LogP contribution in [0.15, 0.2) is 61.2 Å². The quantitative estimate of drug-likeness (QED) is 0.430. The van der Waals surface area contributed by atoms with Crippen molar-refractivity contribution in [3.63, 3.8) is 0 Å². The molecular formula is C21H24N4O5S2. The number of fused-ring (bicyclic) bond motifs is 1. The Labute approximate surface area is 187 Å². The molecule has 0 aliphatic heterocycles. The molecule has 11 heteroatoms. The Bertz CT molecular complexity index is 1340. The van der Waals surface area contributed by atoms with E-state index in [1.807, 2.05) is 0 Å². The van der Waals surface area contributed by atoms with Gasteiger partial charge in [-0.05, 0) is 29.8 Å². The highest BCUT2D eigenvalue weighted by molar-refractivity contribution is 7.89. The molecule has 2 aromatic carbocycles. The van der Waals surface area contributed by atoms with Gasteiger partial charge in [-0.3, -0.25) is 4.79 Å². The van der Waals surface area contributed by atoms with Crippen molar-refractivity contribution in [2.24, 2.45) is 0 Å². The van der Waals surface area contributed by atoms with Crippen molar-refractivity contribution in [3.8, 4) is 0 Å². The summed E-state index contributed by atoms with van der Waals surface area (Å²) in [6.45, 7) is 3.51. The third kappa shape index (κ3) is 6.49. The van der Waals surface area contributed by atoms with Crippen LogP contribution < -0.4 is 10.0 Å². The van der Waals surface area contributed by atoms with Gasteiger partial charge in [0, 0.05) is 18.5 Å². The van der Waals surface area contributed by atoms with Crippen LogP contribution in [0.1, 0.15) is 11.4 Å². The standard InChI is InChI=1S/C21H24N4O5S2/c1-3-12-22-32(29,30)14-16-8-10-17(11-9-16)23-21(26)13-25-19-7-5-4-6-18(19)24-20(25)15-31(2,27)28/h3-11,22H,1,12-15H2,2H3,(H,23,26). The first-order chi connectivity index (χ1) is 15.1. The van der Waals surface area contributed by atoms with Crippen molar-refractivity contribution in [1.82, 2.24) is 14.3 Å². The lowest BCUT2D eigenvalue weighted by molar-refractivity contribution is -0.116. The fraction of sp³-hybridized carbons (Fsp3) is 0.238. The van der Waals surface area contributed by atoms with Crippen LogP contribution in [0.5, 0.6) is 0 Å². The lowest BCUT2D eigenvalue weighted by Gasteiger charge is -2.10. The number of para-hydroxylation sites is 2. The summed E-state index contributed by atoms with van der Waals surface area (Å²) in [5.74, 6) is -0.546. The fourth-order valence-electron chi connectivity index (χ4n) is 3.13. The van der Waals surface area contributed by atoms with E-state index in [4.69, 9.17) is 0 Å². The van der Waals surface area contributed by atoms with Gasteiger partial charge in [0.1, 0.15) is 18.1 Å². The van der Waals surface area contributed by atoms with Crippen LogP contribution in [-0.4, -0.2) is 45.1 Å². The second-order valence-corrected chi connectivity index (χ2v) is 11.3. The Morgan fingerprint density at radius 1 is 1.06 bits per heavy atom. The molecule has 0 atom stereocenters. The van der Waals surface area contributed by atoms with E-state index >= 15 is 0 Å². The molecule has 0 fully saturated rings. The number of aromatic nitrogens is 2. The zero-order valence-electron chi connectivity index (χ0n) is 17.5. The number of carbonyl (C=O) groups is 1. The number of amides is 1. The maximum atomic E-state index is 12.6. The molecule has 3 rings (SSSR count). The molecular weight excluding hydrogens is 452 g/mol. The second-order valence-electron chi connectivity index (χ2n) is 7.31. The largest absolute Gasteiger partial charge is 0.325 e. The summed E-state index contributed by atoms with van der Waals surface area (Å²) < 4.78 is 51.5. The van der Waals surface area contributed by atoms with Gasteiger partial charge in [0.15, 0.2) is 9.84 Å². The van der Waals surface area contributed by atoms with Gasteiger partial charge in [0.05, 0.1) is 16.8 Å². The number of hydrogen-bond donors (Lipinski definition) is 2. The Morgan fingerprint density at radius 2 is 1.75 bits per heavy atom. The molecule has 3 aromatic rings. The first-order valence-corrected chi connectivity index (χ1v) is 13.4. The van der Waals surface area contributed by atoms with Gasteiger partial charge in [-0.2, -0.15) is 0 Å². The summed E-state index contributed by atoms with van der Waals surface area (Å²) in [5.41, 5.74) is 2.32. The minimum atomic E-state index is -3.48. The summed E-state index contributed by atoms with van der Waals surface area (Å²) in [7, 11) is -6.82. The number of nitrogens with one attached hydrogen (secondary N) is 2. The lowest BCUT2D eigenvalue weighted by Crippen LogP contribution is -2.25. The van der Waals surface area contributed by atoms with E-state index in [-0.39, 0.29) is 36.3 Å². The van der Waals surface area contributed by atoms with Gasteiger partial charge in [-0.25, -0.2) is 26.5 Å². The minimum Gasteiger partial charge on any atom is -0.325 e. The Morgan fingerprint density at radius 3 is 2.41 bits per heavy atom. The maximum absolute atomic E-state index is 12.6. The number of benzene rings is 2. The van der Waals surface area contributed by atoms with Crippen molar-refractivity contribution in [3.05, 3.63) is 72.6 Å². The monoisotopic (exact) mass is 476 g/mol. The molecule has 1 heterocycles. The number of rotatable bonds is 10. The van der Waals surface area contributed by atoms with E-state index in [1.165, 1.54) is 6.08 Å². The van der Waals surface area contributed by atoms with Crippen LogP contribution >= 0.6 is 0 Å². The van der Waals surface area contributed by atoms with Crippen LogP contribution in [0.2, 0.25) is 0 Å². The first-order valence-electron chi connectivity index (χ1n) is 9.65. The lowest BCUT2D eigenvalue weighted by atomic mass is 10.2. The molecule has 9 nitrogen and oxygen atoms in total. The highest BCUT2D eigenvalue weighted by Crippen LogP contribution is 2.18. The van der Waals surface area contributed by atoms with Crippen molar-refractivity contribution in [1.29, 1.82) is 0 Å². The topological polar surface area (TPSA) is 127 Å². The van der Waals surface area contributed by atoms with Gasteiger partial charge in [-0.1, -0.05) is 30.3 Å². The van der Waals surface area contributed by atoms with Gasteiger partial charge < -0.3 is 9.88 Å². The normalized spacial score (nSPS) is 12.0. The molecule has 0 bridgehead atoms. The average molecular weight is 477 g/mol. The SMILES string of the molecule is C=CCNS(=O)(=O)Cc1ccc(NC(=O)Cn2c(CS(C)(=O)=O)nc3ccccc32)cc1. The van der Waals surface area contributed by atoms with E-state index < -0.39 is 19.9 Å². The van der Waals surface area contributed by atoms with Crippen LogP contribution in [0.4, 0.5) is 5.69 Å². The molecule has 0 spiro atoms. The summed E-state index contributed by atoms with van der Waals surface area (Å²) >= 11 is 0. The van der Waals surface area contributed by atoms with Crippen LogP contribution in [-0.2, 0) is 42.7 Å². The van der Waals surface area contributed by atoms with Crippen molar-refractivity contribution < 1.29 is 21.6 Å². The first kappa shape index (κ1) is 23.6. The molecule has 0 saturated heterocycles. The Balaban J connectivity index is 1.73. The molecule has 0 aliphatic carbocycles. The van der Waals surface area contributed by atoms with E-state index in [9.17, 15) is 21.6 Å². The Hall–Kier alpha value is -3.02. The van der Waals surface area contributed by atoms with Gasteiger partial charge >= 0.3 is 0 Å². The van der Waals surface area contributed by atoms with E-state index in [2.05, 4.69) is 21.6 Å². The number of sulfone groups is 1. The fourth-order valence-corrected chi connectivity index (χ4v) is 4.93. The van der Waals surface area contributed by atoms with Crippen LogP contribution in [0.3, 0.4) is 0 Å². The molecule has 1 aromatic heterocycles. The predicted octanol–water partition coefficient (Wildman–Crippen LogP) is 1.82. The summed E-state index contributed by atoms with van der Waals surface area (Å²) in [5, 5.41) is 2.74. The zero-order valence-corrected chi connectivity index (χ0v) is 19.1. The molecule has 0 aliphatic rings. The maximum Gasteiger partial charge on any atom is 0.244 e. The molecule has 32 heavy (non-hydrogen) atoms. The second kappa shape index (κ2) is 9.63. The number of hydrogen-bond acceptors (Lipinski definition) is 6. The Kier molecular flexibility index (Phi) is 7.12. The molecule has 0 unspecified atom stereocenters. The smallest absolute Gasteiger partial charge is 0.244 e. The van der Waals surface area contributed by atoms with E-state index in [0.717, 1.165) is 6.26 Å². The van der Waals surface area contributed by atoms with Gasteiger partial charge in [-0.15, -0.1) is 6.58 Å². The van der Waals surface area contributed by atoms with Gasteiger partial charge in [0.25, 0.3) is 0 Å². The number of carbonyl (C=O) groups excluding carboxylic acids is 1. The number of imidazole rings is 1. The highest BCUT2D eigenvalue weighted by Gasteiger charge is 2.17. The van der Waals surface area contributed by atoms with E-state index in [0.29, 0.717) is 22.3 Å². The van der Waals surface area contributed by atoms with Crippen molar-refractivity contribution in [2.45, 2.75) is 18.1 Å².